The molecule has 1 aliphatic rings. The molecule has 0 bridgehead atoms. The molecule has 120 valence electrons. The van der Waals surface area contributed by atoms with Gasteiger partial charge in [0.1, 0.15) is 10.8 Å². The van der Waals surface area contributed by atoms with E-state index in [1.807, 2.05) is 24.5 Å². The number of carbonyl (C=O) groups excluding carboxylic acids is 1. The molecule has 0 spiro atoms. The Morgan fingerprint density at radius 2 is 2.35 bits per heavy atom. The topological polar surface area (TPSA) is 71.5 Å². The molecular weight excluding hydrogens is 312 g/mol. The van der Waals surface area contributed by atoms with Crippen LogP contribution in [-0.4, -0.2) is 35.4 Å². The fraction of sp³-hybridized carbons (Fsp3) is 0.294. The first-order valence-corrected chi connectivity index (χ1v) is 8.62. The first-order valence-electron chi connectivity index (χ1n) is 7.40. The van der Waals surface area contributed by atoms with Crippen molar-refractivity contribution in [3.63, 3.8) is 0 Å². The summed E-state index contributed by atoms with van der Waals surface area (Å²) in [5.41, 5.74) is 2.41. The van der Waals surface area contributed by atoms with Crippen LogP contribution in [0.1, 0.15) is 27.6 Å². The van der Waals surface area contributed by atoms with Gasteiger partial charge in [-0.05, 0) is 41.6 Å². The number of ether oxygens (including phenoxy) is 1. The number of amides is 1. The van der Waals surface area contributed by atoms with E-state index >= 15 is 0 Å². The monoisotopic (exact) mass is 330 g/mol. The second-order valence-electron chi connectivity index (χ2n) is 5.25. The third-order valence-electron chi connectivity index (χ3n) is 3.76. The van der Waals surface area contributed by atoms with Crippen LogP contribution in [0.25, 0.3) is 0 Å². The van der Waals surface area contributed by atoms with E-state index in [2.05, 4.69) is 10.3 Å². The quantitative estimate of drug-likeness (QED) is 0.823. The number of fused-ring (bicyclic) bond motifs is 1. The lowest BCUT2D eigenvalue weighted by molar-refractivity contribution is 0.0912. The lowest BCUT2D eigenvalue weighted by atomic mass is 10.0. The largest absolute Gasteiger partial charge is 0.493 e. The molecule has 5 nitrogen and oxygen atoms in total. The summed E-state index contributed by atoms with van der Waals surface area (Å²) in [7, 11) is 0. The summed E-state index contributed by atoms with van der Waals surface area (Å²) < 4.78 is 5.45. The highest BCUT2D eigenvalue weighted by molar-refractivity contribution is 7.98. The molecule has 3 rings (SSSR count). The third-order valence-corrected chi connectivity index (χ3v) is 4.48. The van der Waals surface area contributed by atoms with Gasteiger partial charge < -0.3 is 15.2 Å². The van der Waals surface area contributed by atoms with E-state index in [4.69, 9.17) is 4.74 Å². The van der Waals surface area contributed by atoms with Crippen LogP contribution < -0.4 is 10.1 Å². The third kappa shape index (κ3) is 3.48. The molecule has 2 N–H and O–H groups in total. The summed E-state index contributed by atoms with van der Waals surface area (Å²) in [5.74, 6) is 0.649. The maximum absolute atomic E-state index is 12.3. The lowest BCUT2D eigenvalue weighted by Crippen LogP contribution is -2.29. The Labute approximate surface area is 139 Å². The number of hydrogen-bond donors (Lipinski definition) is 2. The number of benzene rings is 1. The van der Waals surface area contributed by atoms with Crippen molar-refractivity contribution < 1.29 is 14.6 Å². The fourth-order valence-electron chi connectivity index (χ4n) is 2.54. The highest BCUT2D eigenvalue weighted by atomic mass is 32.2. The molecule has 6 heteroatoms. The Bertz CT molecular complexity index is 721. The maximum atomic E-state index is 12.3. The predicted octanol–water partition coefficient (Wildman–Crippen LogP) is 2.20. The molecule has 0 saturated heterocycles. The van der Waals surface area contributed by atoms with Gasteiger partial charge in [-0.3, -0.25) is 4.79 Å². The van der Waals surface area contributed by atoms with Crippen LogP contribution in [0.5, 0.6) is 5.75 Å². The number of thioether (sulfide) groups is 1. The average molecular weight is 330 g/mol. The number of aromatic nitrogens is 1. The highest BCUT2D eigenvalue weighted by Crippen LogP contribution is 2.28. The van der Waals surface area contributed by atoms with Crippen LogP contribution in [0.3, 0.4) is 0 Å². The van der Waals surface area contributed by atoms with E-state index in [0.29, 0.717) is 17.2 Å². The first kappa shape index (κ1) is 15.8. The minimum Gasteiger partial charge on any atom is -0.493 e. The minimum absolute atomic E-state index is 0.154. The molecule has 0 fully saturated rings. The summed E-state index contributed by atoms with van der Waals surface area (Å²) in [5, 5.41) is 13.7. The molecule has 1 amide bonds. The summed E-state index contributed by atoms with van der Waals surface area (Å²) in [6.45, 7) is 0.839. The van der Waals surface area contributed by atoms with E-state index < -0.39 is 6.10 Å². The van der Waals surface area contributed by atoms with Crippen LogP contribution in [0, 0.1) is 0 Å². The van der Waals surface area contributed by atoms with Gasteiger partial charge >= 0.3 is 0 Å². The van der Waals surface area contributed by atoms with Crippen LogP contribution in [0.4, 0.5) is 0 Å². The summed E-state index contributed by atoms with van der Waals surface area (Å²) in [6, 6.07) is 9.10. The van der Waals surface area contributed by atoms with Crippen LogP contribution in [0.2, 0.25) is 0 Å². The lowest BCUT2D eigenvalue weighted by Gasteiger charge is -2.14. The number of carbonyl (C=O) groups is 1. The van der Waals surface area contributed by atoms with Crippen molar-refractivity contribution in [2.75, 3.05) is 19.4 Å². The van der Waals surface area contributed by atoms with Gasteiger partial charge in [-0.25, -0.2) is 4.98 Å². The van der Waals surface area contributed by atoms with Crippen molar-refractivity contribution >= 4 is 17.7 Å². The van der Waals surface area contributed by atoms with Crippen molar-refractivity contribution in [3.05, 3.63) is 53.2 Å². The summed E-state index contributed by atoms with van der Waals surface area (Å²) >= 11 is 1.42. The van der Waals surface area contributed by atoms with Gasteiger partial charge in [0.25, 0.3) is 5.91 Å². The van der Waals surface area contributed by atoms with Gasteiger partial charge in [0.2, 0.25) is 0 Å². The fourth-order valence-corrected chi connectivity index (χ4v) is 3.09. The summed E-state index contributed by atoms with van der Waals surface area (Å²) in [4.78, 5) is 16.4. The molecule has 0 saturated carbocycles. The zero-order chi connectivity index (χ0) is 16.2. The minimum atomic E-state index is -0.751. The molecule has 2 heterocycles. The van der Waals surface area contributed by atoms with Crippen LogP contribution in [-0.2, 0) is 6.42 Å². The van der Waals surface area contributed by atoms with Crippen molar-refractivity contribution in [1.29, 1.82) is 0 Å². The molecule has 23 heavy (non-hydrogen) atoms. The molecule has 1 aliphatic heterocycles. The number of aliphatic hydroxyl groups excluding tert-OH is 1. The van der Waals surface area contributed by atoms with Gasteiger partial charge in [0.15, 0.2) is 0 Å². The second-order valence-corrected chi connectivity index (χ2v) is 6.05. The van der Waals surface area contributed by atoms with Crippen molar-refractivity contribution in [1.82, 2.24) is 10.3 Å². The SMILES string of the molecule is CSc1ncccc1C(=O)NC[C@@H](O)c1ccc2c(c1)CCO2. The Hall–Kier alpha value is -2.05. The van der Waals surface area contributed by atoms with Crippen molar-refractivity contribution in [2.45, 2.75) is 17.6 Å². The average Bonchev–Trinajstić information content (AvgIpc) is 3.06. The van der Waals surface area contributed by atoms with Crippen LogP contribution in [0.15, 0.2) is 41.6 Å². The second kappa shape index (κ2) is 7.02. The van der Waals surface area contributed by atoms with Gasteiger partial charge in [-0.1, -0.05) is 6.07 Å². The Balaban J connectivity index is 1.64. The highest BCUT2D eigenvalue weighted by Gasteiger charge is 2.17. The Morgan fingerprint density at radius 1 is 1.48 bits per heavy atom. The molecule has 0 unspecified atom stereocenters. The molecule has 0 aliphatic carbocycles. The number of aliphatic hydroxyl groups is 1. The van der Waals surface area contributed by atoms with Crippen molar-refractivity contribution in [2.24, 2.45) is 0 Å². The number of nitrogens with one attached hydrogen (secondary N) is 1. The van der Waals surface area contributed by atoms with E-state index in [-0.39, 0.29) is 12.5 Å². The molecule has 1 atom stereocenters. The standard InChI is InChI=1S/C17H18N2O3S/c1-23-17-13(3-2-7-18-17)16(21)19-10-14(20)11-4-5-15-12(9-11)6-8-22-15/h2-5,7,9,14,20H,6,8,10H2,1H3,(H,19,21)/t14-/m1/s1. The van der Waals surface area contributed by atoms with Gasteiger partial charge in [0.05, 0.1) is 18.3 Å². The normalized spacial score (nSPS) is 14.0. The molecule has 1 aromatic carbocycles. The zero-order valence-corrected chi connectivity index (χ0v) is 13.6. The Morgan fingerprint density at radius 3 is 3.17 bits per heavy atom. The molecule has 2 aromatic rings. The Kier molecular flexibility index (Phi) is 4.83. The van der Waals surface area contributed by atoms with Crippen molar-refractivity contribution in [3.8, 4) is 5.75 Å². The van der Waals surface area contributed by atoms with Gasteiger partial charge in [-0.15, -0.1) is 11.8 Å². The maximum Gasteiger partial charge on any atom is 0.254 e. The molecule has 1 aromatic heterocycles. The van der Waals surface area contributed by atoms with E-state index in [1.54, 1.807) is 18.3 Å². The first-order chi connectivity index (χ1) is 11.2. The number of hydrogen-bond acceptors (Lipinski definition) is 5. The van der Waals surface area contributed by atoms with E-state index in [1.165, 1.54) is 11.8 Å². The van der Waals surface area contributed by atoms with Gasteiger partial charge in [-0.2, -0.15) is 0 Å². The molecule has 0 radical (unpaired) electrons. The summed E-state index contributed by atoms with van der Waals surface area (Å²) in [6.07, 6.45) is 3.64. The van der Waals surface area contributed by atoms with E-state index in [9.17, 15) is 9.90 Å². The number of rotatable bonds is 5. The zero-order valence-electron chi connectivity index (χ0n) is 12.8. The predicted molar refractivity (Wildman–Crippen MR) is 89.0 cm³/mol. The smallest absolute Gasteiger partial charge is 0.254 e. The number of nitrogens with zero attached hydrogens (tertiary/aromatic N) is 1. The number of pyridine rings is 1. The van der Waals surface area contributed by atoms with Crippen LogP contribution >= 0.6 is 11.8 Å². The molecular formula is C17H18N2O3S. The van der Waals surface area contributed by atoms with E-state index in [0.717, 1.165) is 23.3 Å². The van der Waals surface area contributed by atoms with Gasteiger partial charge in [0, 0.05) is 19.2 Å².